The van der Waals surface area contributed by atoms with E-state index in [0.717, 1.165) is 43.3 Å². The normalized spacial score (nSPS) is 14.6. The second kappa shape index (κ2) is 9.05. The lowest BCUT2D eigenvalue weighted by molar-refractivity contribution is -0.123. The van der Waals surface area contributed by atoms with Crippen LogP contribution in [0.25, 0.3) is 0 Å². The van der Waals surface area contributed by atoms with E-state index in [1.54, 1.807) is 30.8 Å². The summed E-state index contributed by atoms with van der Waals surface area (Å²) in [5.41, 5.74) is 0.901. The minimum absolute atomic E-state index is 0.00275. The van der Waals surface area contributed by atoms with Crippen molar-refractivity contribution in [3.8, 4) is 5.75 Å². The Morgan fingerprint density at radius 1 is 1.14 bits per heavy atom. The molecule has 1 aromatic carbocycles. The highest BCUT2D eigenvalue weighted by molar-refractivity contribution is 7.09. The number of benzene rings is 1. The zero-order chi connectivity index (χ0) is 20.1. The fourth-order valence-electron chi connectivity index (χ4n) is 3.62. The van der Waals surface area contributed by atoms with Crippen LogP contribution in [0.15, 0.2) is 60.2 Å². The van der Waals surface area contributed by atoms with E-state index in [0.29, 0.717) is 6.54 Å². The monoisotopic (exact) mass is 408 g/mol. The van der Waals surface area contributed by atoms with Crippen LogP contribution in [0.3, 0.4) is 0 Å². The van der Waals surface area contributed by atoms with Gasteiger partial charge in [-0.15, -0.1) is 11.3 Å². The maximum atomic E-state index is 13.5. The summed E-state index contributed by atoms with van der Waals surface area (Å²) < 4.78 is 5.27. The number of carbonyl (C=O) groups excluding carboxylic acids is 1. The molecule has 3 aromatic rings. The predicted molar refractivity (Wildman–Crippen MR) is 115 cm³/mol. The maximum absolute atomic E-state index is 13.5. The summed E-state index contributed by atoms with van der Waals surface area (Å²) in [6.45, 7) is 2.16. The van der Waals surface area contributed by atoms with Gasteiger partial charge >= 0.3 is 0 Å². The molecule has 4 rings (SSSR count). The van der Waals surface area contributed by atoms with E-state index in [-0.39, 0.29) is 11.8 Å². The number of ether oxygens (including phenoxy) is 1. The number of aromatic nitrogens is 2. The molecule has 0 atom stereocenters. The summed E-state index contributed by atoms with van der Waals surface area (Å²) in [7, 11) is 1.65. The molecule has 0 spiro atoms. The molecule has 3 heterocycles. The van der Waals surface area contributed by atoms with E-state index >= 15 is 0 Å². The van der Waals surface area contributed by atoms with Crippen LogP contribution in [-0.4, -0.2) is 36.1 Å². The number of anilines is 2. The third-order valence-corrected chi connectivity index (χ3v) is 6.08. The van der Waals surface area contributed by atoms with Crippen molar-refractivity contribution < 1.29 is 9.53 Å². The van der Waals surface area contributed by atoms with Crippen LogP contribution in [-0.2, 0) is 11.3 Å². The van der Waals surface area contributed by atoms with Crippen LogP contribution in [0, 0.1) is 5.92 Å². The average Bonchev–Trinajstić information content (AvgIpc) is 3.31. The molecule has 0 saturated carbocycles. The van der Waals surface area contributed by atoms with Crippen LogP contribution in [0.1, 0.15) is 17.7 Å². The molecule has 2 aromatic heterocycles. The van der Waals surface area contributed by atoms with Crippen molar-refractivity contribution in [3.63, 3.8) is 0 Å². The van der Waals surface area contributed by atoms with E-state index < -0.39 is 0 Å². The van der Waals surface area contributed by atoms with Crippen molar-refractivity contribution in [3.05, 3.63) is 65.1 Å². The zero-order valence-electron chi connectivity index (χ0n) is 16.4. The molecule has 1 aliphatic rings. The van der Waals surface area contributed by atoms with Gasteiger partial charge in [0.15, 0.2) is 0 Å². The summed E-state index contributed by atoms with van der Waals surface area (Å²) in [5, 5.41) is 2.05. The molecule has 0 bridgehead atoms. The number of nitrogens with zero attached hydrogens (tertiary/aromatic N) is 4. The van der Waals surface area contributed by atoms with E-state index in [1.807, 2.05) is 46.7 Å². The highest BCUT2D eigenvalue weighted by Gasteiger charge is 2.30. The van der Waals surface area contributed by atoms with Crippen LogP contribution in [0.4, 0.5) is 11.6 Å². The second-order valence-corrected chi connectivity index (χ2v) is 8.04. The van der Waals surface area contributed by atoms with Crippen molar-refractivity contribution in [2.24, 2.45) is 5.92 Å². The summed E-state index contributed by atoms with van der Waals surface area (Å²) in [6, 6.07) is 13.6. The van der Waals surface area contributed by atoms with Crippen molar-refractivity contribution in [1.82, 2.24) is 9.97 Å². The molecule has 7 heteroatoms. The molecule has 0 unspecified atom stereocenters. The number of methoxy groups -OCH3 is 1. The number of rotatable bonds is 6. The molecule has 0 aliphatic carbocycles. The molecule has 0 N–H and O–H groups in total. The molecule has 1 amide bonds. The zero-order valence-corrected chi connectivity index (χ0v) is 17.2. The van der Waals surface area contributed by atoms with Crippen molar-refractivity contribution >= 4 is 28.9 Å². The first-order valence-electron chi connectivity index (χ1n) is 9.74. The molecule has 1 saturated heterocycles. The molecule has 150 valence electrons. The molecule has 1 fully saturated rings. The lowest BCUT2D eigenvalue weighted by Crippen LogP contribution is -2.43. The van der Waals surface area contributed by atoms with Gasteiger partial charge in [-0.05, 0) is 54.6 Å². The van der Waals surface area contributed by atoms with Gasteiger partial charge in [0.05, 0.1) is 13.7 Å². The largest absolute Gasteiger partial charge is 0.497 e. The molecule has 6 nitrogen and oxygen atoms in total. The first kappa shape index (κ1) is 19.4. The van der Waals surface area contributed by atoms with E-state index in [4.69, 9.17) is 4.74 Å². The lowest BCUT2D eigenvalue weighted by atomic mass is 9.95. The Labute approximate surface area is 174 Å². The number of piperidine rings is 1. The Hall–Kier alpha value is -2.93. The van der Waals surface area contributed by atoms with E-state index in [1.165, 1.54) is 4.88 Å². The van der Waals surface area contributed by atoms with Gasteiger partial charge < -0.3 is 14.5 Å². The Bertz CT molecular complexity index is 908. The molecule has 29 heavy (non-hydrogen) atoms. The van der Waals surface area contributed by atoms with Gasteiger partial charge in [0.2, 0.25) is 11.9 Å². The summed E-state index contributed by atoms with van der Waals surface area (Å²) in [6.07, 6.45) is 5.11. The van der Waals surface area contributed by atoms with Gasteiger partial charge in [0, 0.05) is 42.0 Å². The van der Waals surface area contributed by atoms with Crippen molar-refractivity contribution in [2.75, 3.05) is 30.0 Å². The number of thiophene rings is 1. The molecular formula is C22H24N4O2S. The van der Waals surface area contributed by atoms with Crippen molar-refractivity contribution in [2.45, 2.75) is 19.4 Å². The van der Waals surface area contributed by atoms with Crippen LogP contribution in [0.5, 0.6) is 5.75 Å². The summed E-state index contributed by atoms with van der Waals surface area (Å²) in [5.74, 6) is 1.70. The standard InChI is InChI=1S/C22H24N4O2S/c1-28-19-7-5-18(6-8-19)26(16-20-4-2-15-29-20)21(27)17-9-13-25(14-10-17)22-23-11-3-12-24-22/h2-8,11-12,15,17H,9-10,13-14,16H2,1H3. The van der Waals surface area contributed by atoms with Crippen molar-refractivity contribution in [1.29, 1.82) is 0 Å². The first-order chi connectivity index (χ1) is 14.2. The van der Waals surface area contributed by atoms with Gasteiger partial charge in [-0.2, -0.15) is 0 Å². The Balaban J connectivity index is 1.49. The quantitative estimate of drug-likeness (QED) is 0.617. The van der Waals surface area contributed by atoms with E-state index in [9.17, 15) is 4.79 Å². The van der Waals surface area contributed by atoms with Gasteiger partial charge in [-0.3, -0.25) is 4.79 Å². The average molecular weight is 409 g/mol. The molecule has 1 aliphatic heterocycles. The number of carbonyl (C=O) groups is 1. The van der Waals surface area contributed by atoms with Crippen LogP contribution < -0.4 is 14.5 Å². The Morgan fingerprint density at radius 3 is 2.48 bits per heavy atom. The fourth-order valence-corrected chi connectivity index (χ4v) is 4.31. The van der Waals surface area contributed by atoms with Gasteiger partial charge in [0.25, 0.3) is 0 Å². The lowest BCUT2D eigenvalue weighted by Gasteiger charge is -2.34. The van der Waals surface area contributed by atoms with Gasteiger partial charge in [0.1, 0.15) is 5.75 Å². The fraction of sp³-hybridized carbons (Fsp3) is 0.318. The summed E-state index contributed by atoms with van der Waals surface area (Å²) >= 11 is 1.67. The molecule has 0 radical (unpaired) electrons. The first-order valence-corrected chi connectivity index (χ1v) is 10.6. The number of hydrogen-bond donors (Lipinski definition) is 0. The summed E-state index contributed by atoms with van der Waals surface area (Å²) in [4.78, 5) is 27.4. The number of hydrogen-bond acceptors (Lipinski definition) is 6. The third kappa shape index (κ3) is 4.56. The second-order valence-electron chi connectivity index (χ2n) is 7.01. The minimum atomic E-state index is -0.00275. The topological polar surface area (TPSA) is 58.6 Å². The van der Waals surface area contributed by atoms with Gasteiger partial charge in [-0.25, -0.2) is 9.97 Å². The predicted octanol–water partition coefficient (Wildman–Crippen LogP) is 4.00. The smallest absolute Gasteiger partial charge is 0.230 e. The maximum Gasteiger partial charge on any atom is 0.230 e. The highest BCUT2D eigenvalue weighted by atomic mass is 32.1. The third-order valence-electron chi connectivity index (χ3n) is 5.22. The van der Waals surface area contributed by atoms with Gasteiger partial charge in [-0.1, -0.05) is 6.07 Å². The van der Waals surface area contributed by atoms with E-state index in [2.05, 4.69) is 20.9 Å². The highest BCUT2D eigenvalue weighted by Crippen LogP contribution is 2.28. The number of amides is 1. The van der Waals surface area contributed by atoms with Crippen LogP contribution >= 0.6 is 11.3 Å². The molecular weight excluding hydrogens is 384 g/mol. The Kier molecular flexibility index (Phi) is 6.05. The van der Waals surface area contributed by atoms with Crippen LogP contribution in [0.2, 0.25) is 0 Å². The Morgan fingerprint density at radius 2 is 1.86 bits per heavy atom. The minimum Gasteiger partial charge on any atom is -0.497 e. The SMILES string of the molecule is COc1ccc(N(Cc2cccs2)C(=O)C2CCN(c3ncccn3)CC2)cc1.